The second-order valence-corrected chi connectivity index (χ2v) is 5.65. The third kappa shape index (κ3) is 4.81. The SMILES string of the molecule is CCOC(=O)/C(C#N)=C/c1cccc(OC(=O)c2ccc(C)c(C)c2)c1. The summed E-state index contributed by atoms with van der Waals surface area (Å²) < 4.78 is 10.2. The summed E-state index contributed by atoms with van der Waals surface area (Å²) >= 11 is 0. The van der Waals surface area contributed by atoms with E-state index in [2.05, 4.69) is 0 Å². The van der Waals surface area contributed by atoms with Crippen LogP contribution in [0, 0.1) is 25.2 Å². The lowest BCUT2D eigenvalue weighted by Crippen LogP contribution is -2.09. The monoisotopic (exact) mass is 349 g/mol. The number of hydrogen-bond donors (Lipinski definition) is 0. The van der Waals surface area contributed by atoms with Crippen LogP contribution < -0.4 is 4.74 Å². The van der Waals surface area contributed by atoms with E-state index in [1.807, 2.05) is 26.0 Å². The van der Waals surface area contributed by atoms with E-state index < -0.39 is 11.9 Å². The largest absolute Gasteiger partial charge is 0.462 e. The van der Waals surface area contributed by atoms with Crippen molar-refractivity contribution in [1.82, 2.24) is 0 Å². The molecule has 0 saturated heterocycles. The van der Waals surface area contributed by atoms with Crippen LogP contribution in [0.5, 0.6) is 5.75 Å². The maximum atomic E-state index is 12.3. The number of esters is 2. The maximum absolute atomic E-state index is 12.3. The molecule has 132 valence electrons. The molecule has 5 heteroatoms. The van der Waals surface area contributed by atoms with Gasteiger partial charge in [-0.3, -0.25) is 0 Å². The zero-order valence-electron chi connectivity index (χ0n) is 14.9. The Labute approximate surface area is 152 Å². The van der Waals surface area contributed by atoms with E-state index in [1.165, 1.54) is 6.08 Å². The van der Waals surface area contributed by atoms with Gasteiger partial charge < -0.3 is 9.47 Å². The van der Waals surface area contributed by atoms with Crippen molar-refractivity contribution in [2.45, 2.75) is 20.8 Å². The summed E-state index contributed by atoms with van der Waals surface area (Å²) in [5, 5.41) is 9.09. The number of hydrogen-bond acceptors (Lipinski definition) is 5. The summed E-state index contributed by atoms with van der Waals surface area (Å²) in [4.78, 5) is 24.0. The van der Waals surface area contributed by atoms with Crippen molar-refractivity contribution in [2.75, 3.05) is 6.61 Å². The van der Waals surface area contributed by atoms with Crippen LogP contribution in [0.4, 0.5) is 0 Å². The first-order chi connectivity index (χ1) is 12.4. The Morgan fingerprint density at radius 2 is 1.88 bits per heavy atom. The zero-order valence-corrected chi connectivity index (χ0v) is 14.9. The van der Waals surface area contributed by atoms with Crippen LogP contribution in [0.25, 0.3) is 6.08 Å². The lowest BCUT2D eigenvalue weighted by atomic mass is 10.1. The van der Waals surface area contributed by atoms with Gasteiger partial charge in [-0.15, -0.1) is 0 Å². The van der Waals surface area contributed by atoms with Crippen LogP contribution >= 0.6 is 0 Å². The summed E-state index contributed by atoms with van der Waals surface area (Å²) in [6.45, 7) is 5.75. The number of carbonyl (C=O) groups is 2. The van der Waals surface area contributed by atoms with Crippen LogP contribution in [0.1, 0.15) is 34.0 Å². The highest BCUT2D eigenvalue weighted by Gasteiger charge is 2.12. The van der Waals surface area contributed by atoms with E-state index in [9.17, 15) is 9.59 Å². The number of aryl methyl sites for hydroxylation is 2. The average Bonchev–Trinajstić information content (AvgIpc) is 2.62. The number of carbonyl (C=O) groups excluding carboxylic acids is 2. The smallest absolute Gasteiger partial charge is 0.348 e. The van der Waals surface area contributed by atoms with E-state index in [-0.39, 0.29) is 12.2 Å². The molecule has 5 nitrogen and oxygen atoms in total. The summed E-state index contributed by atoms with van der Waals surface area (Å²) in [5.41, 5.74) is 2.99. The second kappa shape index (κ2) is 8.63. The highest BCUT2D eigenvalue weighted by molar-refractivity contribution is 5.98. The normalized spacial score (nSPS) is 10.8. The van der Waals surface area contributed by atoms with Crippen molar-refractivity contribution in [3.63, 3.8) is 0 Å². The number of ether oxygens (including phenoxy) is 2. The summed E-state index contributed by atoms with van der Waals surface area (Å²) in [6, 6.07) is 13.7. The molecule has 0 N–H and O–H groups in total. The highest BCUT2D eigenvalue weighted by Crippen LogP contribution is 2.19. The molecule has 0 aliphatic heterocycles. The van der Waals surface area contributed by atoms with Crippen LogP contribution in [0.2, 0.25) is 0 Å². The van der Waals surface area contributed by atoms with Gasteiger partial charge in [-0.1, -0.05) is 18.2 Å². The van der Waals surface area contributed by atoms with Gasteiger partial charge in [0.1, 0.15) is 17.4 Å². The lowest BCUT2D eigenvalue weighted by Gasteiger charge is -2.07. The Morgan fingerprint density at radius 1 is 1.12 bits per heavy atom. The van der Waals surface area contributed by atoms with Gasteiger partial charge in [-0.2, -0.15) is 5.26 Å². The summed E-state index contributed by atoms with van der Waals surface area (Å²) in [6.07, 6.45) is 1.39. The fraction of sp³-hybridized carbons (Fsp3) is 0.190. The molecular weight excluding hydrogens is 330 g/mol. The molecule has 0 saturated carbocycles. The molecule has 26 heavy (non-hydrogen) atoms. The van der Waals surface area contributed by atoms with Crippen LogP contribution in [-0.2, 0) is 9.53 Å². The van der Waals surface area contributed by atoms with Crippen molar-refractivity contribution in [1.29, 1.82) is 5.26 Å². The number of nitrogens with zero attached hydrogens (tertiary/aromatic N) is 1. The standard InChI is InChI=1S/C21H19NO4/c1-4-25-20(23)18(13-22)11-16-6-5-7-19(12-16)26-21(24)17-9-8-14(2)15(3)10-17/h5-12H,4H2,1-3H3/b18-11+. The molecule has 0 amide bonds. The lowest BCUT2D eigenvalue weighted by molar-refractivity contribution is -0.137. The third-order valence-corrected chi connectivity index (χ3v) is 3.74. The van der Waals surface area contributed by atoms with Crippen molar-refractivity contribution < 1.29 is 19.1 Å². The Hall–Kier alpha value is -3.39. The Morgan fingerprint density at radius 3 is 2.54 bits per heavy atom. The summed E-state index contributed by atoms with van der Waals surface area (Å²) in [5.74, 6) is -0.837. The molecule has 0 aliphatic rings. The minimum atomic E-state index is -0.687. The van der Waals surface area contributed by atoms with Crippen LogP contribution in [-0.4, -0.2) is 18.5 Å². The topological polar surface area (TPSA) is 76.4 Å². The molecule has 0 atom stereocenters. The molecule has 0 aromatic heterocycles. The van der Waals surface area contributed by atoms with Gasteiger partial charge in [-0.25, -0.2) is 9.59 Å². The first-order valence-corrected chi connectivity index (χ1v) is 8.13. The van der Waals surface area contributed by atoms with Gasteiger partial charge in [0, 0.05) is 0 Å². The van der Waals surface area contributed by atoms with Gasteiger partial charge >= 0.3 is 11.9 Å². The van der Waals surface area contributed by atoms with E-state index in [1.54, 1.807) is 43.3 Å². The minimum absolute atomic E-state index is 0.121. The average molecular weight is 349 g/mol. The van der Waals surface area contributed by atoms with Gasteiger partial charge in [0.2, 0.25) is 0 Å². The Kier molecular flexibility index (Phi) is 6.29. The van der Waals surface area contributed by atoms with Gasteiger partial charge in [0.25, 0.3) is 0 Å². The third-order valence-electron chi connectivity index (χ3n) is 3.74. The molecule has 2 rings (SSSR count). The zero-order chi connectivity index (χ0) is 19.1. The first-order valence-electron chi connectivity index (χ1n) is 8.13. The fourth-order valence-electron chi connectivity index (χ4n) is 2.21. The molecule has 0 fully saturated rings. The quantitative estimate of drug-likeness (QED) is 0.353. The second-order valence-electron chi connectivity index (χ2n) is 5.65. The molecule has 0 heterocycles. The molecular formula is C21H19NO4. The van der Waals surface area contributed by atoms with Crippen molar-refractivity contribution in [3.05, 3.63) is 70.3 Å². The molecule has 0 bridgehead atoms. The molecule has 0 spiro atoms. The fourth-order valence-corrected chi connectivity index (χ4v) is 2.21. The number of nitriles is 1. The van der Waals surface area contributed by atoms with E-state index in [0.717, 1.165) is 11.1 Å². The van der Waals surface area contributed by atoms with Crippen LogP contribution in [0.3, 0.4) is 0 Å². The molecule has 0 radical (unpaired) electrons. The van der Waals surface area contributed by atoms with Crippen molar-refractivity contribution in [2.24, 2.45) is 0 Å². The molecule has 2 aromatic carbocycles. The summed E-state index contributed by atoms with van der Waals surface area (Å²) in [7, 11) is 0. The van der Waals surface area contributed by atoms with E-state index in [0.29, 0.717) is 16.9 Å². The predicted molar refractivity (Wildman–Crippen MR) is 97.5 cm³/mol. The van der Waals surface area contributed by atoms with Crippen molar-refractivity contribution >= 4 is 18.0 Å². The molecule has 0 unspecified atom stereocenters. The van der Waals surface area contributed by atoms with E-state index in [4.69, 9.17) is 14.7 Å². The minimum Gasteiger partial charge on any atom is -0.462 e. The molecule has 2 aromatic rings. The van der Waals surface area contributed by atoms with Gasteiger partial charge in [0.15, 0.2) is 0 Å². The Bertz CT molecular complexity index is 906. The number of rotatable bonds is 5. The number of benzene rings is 2. The molecule has 0 aliphatic carbocycles. The Balaban J connectivity index is 2.21. The highest BCUT2D eigenvalue weighted by atomic mass is 16.5. The van der Waals surface area contributed by atoms with E-state index >= 15 is 0 Å². The van der Waals surface area contributed by atoms with Gasteiger partial charge in [-0.05, 0) is 67.8 Å². The maximum Gasteiger partial charge on any atom is 0.348 e. The first kappa shape index (κ1) is 18.9. The van der Waals surface area contributed by atoms with Crippen molar-refractivity contribution in [3.8, 4) is 11.8 Å². The predicted octanol–water partition coefficient (Wildman–Crippen LogP) is 3.99. The van der Waals surface area contributed by atoms with Crippen LogP contribution in [0.15, 0.2) is 48.0 Å². The van der Waals surface area contributed by atoms with Gasteiger partial charge in [0.05, 0.1) is 12.2 Å².